The molecule has 10 aromatic rings. The van der Waals surface area contributed by atoms with Crippen molar-refractivity contribution in [3.63, 3.8) is 0 Å². The van der Waals surface area contributed by atoms with E-state index < -0.39 is 12.9 Å². The summed E-state index contributed by atoms with van der Waals surface area (Å²) in [7, 11) is -3.44. The van der Waals surface area contributed by atoms with E-state index in [2.05, 4.69) is 53.1 Å². The number of imidazole rings is 1. The summed E-state index contributed by atoms with van der Waals surface area (Å²) in [5.74, 6) is -0.790. The predicted molar refractivity (Wildman–Crippen MR) is 303 cm³/mol. The SMILES string of the molecule is Cc1cc(C)c(C(=O)P(=O)(c2ccccc2)c2ccccc2)c(C)c1.Clc1ccccc1-c1nc(-c2ccccc2)c(-c2ccccc2)n1C1(c2ccccc2Cl)N=C(c2ccccc2)C(c2ccccc2)=N1. The average Bonchev–Trinajstić information content (AvgIpc) is 4.04. The van der Waals surface area contributed by atoms with E-state index in [1.165, 1.54) is 0 Å². The Morgan fingerprint density at radius 2 is 0.877 bits per heavy atom. The molecule has 0 radical (unpaired) electrons. The number of halogens is 2. The summed E-state index contributed by atoms with van der Waals surface area (Å²) in [5, 5.41) is 2.25. The largest absolute Gasteiger partial charge is 0.305 e. The lowest BCUT2D eigenvalue weighted by Gasteiger charge is -2.30. The molecule has 0 saturated heterocycles. The van der Waals surface area contributed by atoms with Gasteiger partial charge in [0, 0.05) is 49.6 Å². The molecule has 11 rings (SSSR count). The second-order valence-electron chi connectivity index (χ2n) is 17.8. The molecule has 73 heavy (non-hydrogen) atoms. The van der Waals surface area contributed by atoms with Gasteiger partial charge in [-0.3, -0.25) is 9.36 Å². The summed E-state index contributed by atoms with van der Waals surface area (Å²) >= 11 is 14.2. The number of hydrogen-bond donors (Lipinski definition) is 0. The summed E-state index contributed by atoms with van der Waals surface area (Å²) in [4.78, 5) is 30.3. The van der Waals surface area contributed by atoms with Crippen LogP contribution in [-0.2, 0) is 10.4 Å². The van der Waals surface area contributed by atoms with Gasteiger partial charge < -0.3 is 4.57 Å². The Morgan fingerprint density at radius 1 is 0.479 bits per heavy atom. The highest BCUT2D eigenvalue weighted by molar-refractivity contribution is 7.93. The van der Waals surface area contributed by atoms with Gasteiger partial charge in [-0.25, -0.2) is 15.0 Å². The number of carbonyl (C=O) groups excluding carboxylic acids is 1. The molecule has 0 N–H and O–H groups in total. The van der Waals surface area contributed by atoms with Crippen LogP contribution in [0.2, 0.25) is 10.0 Å². The number of carbonyl (C=O) groups is 1. The molecule has 2 heterocycles. The summed E-state index contributed by atoms with van der Waals surface area (Å²) in [6.45, 7) is 5.82. The van der Waals surface area contributed by atoms with E-state index in [0.717, 1.165) is 67.3 Å². The zero-order chi connectivity index (χ0) is 50.5. The Balaban J connectivity index is 0.000000206. The first-order valence-electron chi connectivity index (χ1n) is 24.0. The van der Waals surface area contributed by atoms with Crippen LogP contribution in [0.3, 0.4) is 0 Å². The van der Waals surface area contributed by atoms with Gasteiger partial charge in [0.05, 0.1) is 32.9 Å². The first kappa shape index (κ1) is 48.6. The maximum absolute atomic E-state index is 14.2. The molecule has 1 aliphatic heterocycles. The molecular formula is C64H49Cl2N4O2P. The number of benzene rings is 9. The van der Waals surface area contributed by atoms with Crippen LogP contribution >= 0.6 is 30.3 Å². The van der Waals surface area contributed by atoms with Crippen LogP contribution in [0.25, 0.3) is 33.9 Å². The van der Waals surface area contributed by atoms with Crippen LogP contribution in [0.4, 0.5) is 0 Å². The number of rotatable bonds is 11. The summed E-state index contributed by atoms with van der Waals surface area (Å²) in [6.07, 6.45) is 0. The molecule has 0 fully saturated rings. The standard InChI is InChI=1S/C42H28Cl2N4.C22H21O2P/c43-35-27-15-13-25-33(35)41-45-39(31-21-9-3-10-22-31)40(32-23-11-4-12-24-32)48(41)42(34-26-14-16-28-36(34)44)46-37(29-17-5-1-6-18-29)38(47-42)30-19-7-2-8-20-30;1-16-14-17(2)21(18(3)15-16)22(23)25(24,19-10-6-4-7-11-19)20-12-8-5-9-13-20/h1-28H;4-15H,1-3H3. The predicted octanol–water partition coefficient (Wildman–Crippen LogP) is 15.6. The molecule has 0 atom stereocenters. The quantitative estimate of drug-likeness (QED) is 0.121. The monoisotopic (exact) mass is 1010 g/mol. The van der Waals surface area contributed by atoms with E-state index >= 15 is 0 Å². The zero-order valence-corrected chi connectivity index (χ0v) is 42.8. The van der Waals surface area contributed by atoms with Crippen LogP contribution in [0.5, 0.6) is 0 Å². The van der Waals surface area contributed by atoms with Gasteiger partial charge in [0.15, 0.2) is 0 Å². The Kier molecular flexibility index (Phi) is 14.0. The summed E-state index contributed by atoms with van der Waals surface area (Å²) in [6, 6.07) is 78.5. The first-order chi connectivity index (χ1) is 35.6. The topological polar surface area (TPSA) is 76.7 Å². The second kappa shape index (κ2) is 21.0. The highest BCUT2D eigenvalue weighted by Crippen LogP contribution is 2.50. The van der Waals surface area contributed by atoms with Crippen LogP contribution in [0.15, 0.2) is 253 Å². The van der Waals surface area contributed by atoms with Crippen molar-refractivity contribution in [2.75, 3.05) is 0 Å². The Labute approximate surface area is 436 Å². The maximum Gasteiger partial charge on any atom is 0.263 e. The van der Waals surface area contributed by atoms with Gasteiger partial charge in [-0.05, 0) is 50.1 Å². The molecule has 0 saturated carbocycles. The lowest BCUT2D eigenvalue weighted by molar-refractivity contribution is 0.107. The van der Waals surface area contributed by atoms with Crippen molar-refractivity contribution in [1.82, 2.24) is 9.55 Å². The van der Waals surface area contributed by atoms with E-state index in [-0.39, 0.29) is 5.52 Å². The van der Waals surface area contributed by atoms with Crippen molar-refractivity contribution in [2.24, 2.45) is 9.98 Å². The highest BCUT2D eigenvalue weighted by atomic mass is 35.5. The summed E-state index contributed by atoms with van der Waals surface area (Å²) < 4.78 is 16.3. The number of hydrogen-bond acceptors (Lipinski definition) is 5. The van der Waals surface area contributed by atoms with Gasteiger partial charge in [-0.1, -0.05) is 253 Å². The molecule has 0 unspecified atom stereocenters. The van der Waals surface area contributed by atoms with E-state index in [1.54, 1.807) is 24.3 Å². The van der Waals surface area contributed by atoms with E-state index in [0.29, 0.717) is 37.6 Å². The number of aryl methyl sites for hydroxylation is 3. The number of aromatic nitrogens is 2. The third-order valence-electron chi connectivity index (χ3n) is 12.9. The van der Waals surface area contributed by atoms with Crippen molar-refractivity contribution < 1.29 is 9.36 Å². The third kappa shape index (κ3) is 9.38. The molecule has 1 aromatic heterocycles. The summed E-state index contributed by atoms with van der Waals surface area (Å²) in [5.41, 5.74) is 11.5. The van der Waals surface area contributed by atoms with Gasteiger partial charge in [0.1, 0.15) is 5.82 Å². The van der Waals surface area contributed by atoms with Crippen molar-refractivity contribution >= 4 is 57.9 Å². The fourth-order valence-electron chi connectivity index (χ4n) is 9.65. The molecule has 0 spiro atoms. The van der Waals surface area contributed by atoms with Crippen molar-refractivity contribution in [2.45, 2.75) is 26.6 Å². The first-order valence-corrected chi connectivity index (χ1v) is 26.4. The minimum atomic E-state index is -3.44. The van der Waals surface area contributed by atoms with Crippen molar-refractivity contribution in [3.05, 3.63) is 292 Å². The zero-order valence-electron chi connectivity index (χ0n) is 40.4. The van der Waals surface area contributed by atoms with E-state index in [1.807, 2.05) is 191 Å². The minimum absolute atomic E-state index is 0.292. The lowest BCUT2D eigenvalue weighted by Crippen LogP contribution is -2.31. The van der Waals surface area contributed by atoms with Gasteiger partial charge in [0.25, 0.3) is 5.79 Å². The molecule has 6 nitrogen and oxygen atoms in total. The van der Waals surface area contributed by atoms with Gasteiger partial charge in [-0.15, -0.1) is 0 Å². The van der Waals surface area contributed by atoms with Crippen molar-refractivity contribution in [3.8, 4) is 33.9 Å². The van der Waals surface area contributed by atoms with Crippen LogP contribution in [0.1, 0.15) is 43.7 Å². The maximum atomic E-state index is 14.2. The number of aliphatic imine (C=N–C) groups is 2. The van der Waals surface area contributed by atoms with Gasteiger partial charge in [0.2, 0.25) is 12.7 Å². The fourth-order valence-corrected chi connectivity index (χ4v) is 12.8. The van der Waals surface area contributed by atoms with Gasteiger partial charge >= 0.3 is 0 Å². The normalized spacial score (nSPS) is 12.8. The smallest absolute Gasteiger partial charge is 0.263 e. The van der Waals surface area contributed by atoms with Crippen molar-refractivity contribution in [1.29, 1.82) is 0 Å². The molecule has 0 aliphatic carbocycles. The van der Waals surface area contributed by atoms with E-state index in [9.17, 15) is 9.36 Å². The molecule has 0 amide bonds. The average molecular weight is 1010 g/mol. The second-order valence-corrected chi connectivity index (χ2v) is 21.3. The molecule has 356 valence electrons. The molecule has 1 aliphatic rings. The van der Waals surface area contributed by atoms with Crippen LogP contribution in [0, 0.1) is 20.8 Å². The third-order valence-corrected chi connectivity index (χ3v) is 16.4. The molecular weight excluding hydrogens is 959 g/mol. The lowest BCUT2D eigenvalue weighted by atomic mass is 10.0. The molecule has 9 heteroatoms. The Bertz CT molecular complexity index is 3590. The fraction of sp³-hybridized carbons (Fsp3) is 0.0625. The van der Waals surface area contributed by atoms with Crippen LogP contribution in [-0.4, -0.2) is 26.5 Å². The van der Waals surface area contributed by atoms with E-state index in [4.69, 9.17) is 38.2 Å². The minimum Gasteiger partial charge on any atom is -0.305 e. The molecule has 0 bridgehead atoms. The van der Waals surface area contributed by atoms with Gasteiger partial charge in [-0.2, -0.15) is 0 Å². The Hall–Kier alpha value is -7.99. The molecule has 9 aromatic carbocycles. The number of nitrogens with zero attached hydrogens (tertiary/aromatic N) is 4. The van der Waals surface area contributed by atoms with Crippen LogP contribution < -0.4 is 10.6 Å². The highest BCUT2D eigenvalue weighted by Gasteiger charge is 2.46. The Morgan fingerprint density at radius 3 is 1.34 bits per heavy atom.